The lowest BCUT2D eigenvalue weighted by atomic mass is 9.83. The van der Waals surface area contributed by atoms with Gasteiger partial charge in [0.15, 0.2) is 0 Å². The number of fused-ring (bicyclic) bond motifs is 2. The maximum Gasteiger partial charge on any atom is 0.239 e. The molecule has 0 saturated carbocycles. The van der Waals surface area contributed by atoms with Crippen molar-refractivity contribution in [2.24, 2.45) is 5.41 Å². The highest BCUT2D eigenvalue weighted by molar-refractivity contribution is 6.39. The number of carbonyl (C=O) groups is 3. The molecule has 0 aromatic heterocycles. The molecule has 2 heterocycles. The van der Waals surface area contributed by atoms with Crippen molar-refractivity contribution in [2.75, 3.05) is 19.6 Å². The Balaban J connectivity index is 1.59. The third-order valence-electron chi connectivity index (χ3n) is 7.28. The first-order chi connectivity index (χ1) is 14.8. The molecule has 1 aromatic carbocycles. The molecule has 2 unspecified atom stereocenters. The van der Waals surface area contributed by atoms with E-state index in [4.69, 9.17) is 0 Å². The predicted molar refractivity (Wildman–Crippen MR) is 123 cm³/mol. The molecule has 31 heavy (non-hydrogen) atoms. The lowest BCUT2D eigenvalue weighted by Crippen LogP contribution is -2.54. The molecule has 5 heteroatoms. The smallest absolute Gasteiger partial charge is 0.239 e. The molecule has 0 aliphatic carbocycles. The quantitative estimate of drug-likeness (QED) is 0.419. The van der Waals surface area contributed by atoms with Crippen LogP contribution in [0.25, 0.3) is 0 Å². The zero-order valence-corrected chi connectivity index (χ0v) is 19.4. The lowest BCUT2D eigenvalue weighted by molar-refractivity contribution is -0.145. The largest absolute Gasteiger partial charge is 0.341 e. The number of Topliss-reactive ketones (excluding diaryl/α,β-unsaturated/α-hetero) is 2. The van der Waals surface area contributed by atoms with Crippen molar-refractivity contribution >= 4 is 17.5 Å². The summed E-state index contributed by atoms with van der Waals surface area (Å²) in [5.74, 6) is -0.493. The Morgan fingerprint density at radius 2 is 1.81 bits per heavy atom. The average molecular weight is 427 g/mol. The molecule has 1 aromatic rings. The molecule has 170 valence electrons. The standard InChI is InChI=1S/C26H38N2O3/c1-4-26(2,3)24(30)23(29)19-28-21-14-10-15-22(28)25(31)27(18-16-21)17-9-8-13-20-11-6-5-7-12-20/h5-7,11-12,21-22H,4,8-10,13-19H2,1-3H3. The van der Waals surface area contributed by atoms with E-state index < -0.39 is 5.41 Å². The van der Waals surface area contributed by atoms with Crippen LogP contribution >= 0.6 is 0 Å². The Hall–Kier alpha value is -2.01. The molecule has 2 atom stereocenters. The van der Waals surface area contributed by atoms with E-state index in [9.17, 15) is 14.4 Å². The number of carbonyl (C=O) groups excluding carboxylic acids is 3. The van der Waals surface area contributed by atoms with Crippen molar-refractivity contribution in [3.63, 3.8) is 0 Å². The van der Waals surface area contributed by atoms with E-state index in [0.29, 0.717) is 6.42 Å². The molecule has 2 aliphatic rings. The number of aryl methyl sites for hydroxylation is 1. The Bertz CT molecular complexity index is 774. The third kappa shape index (κ3) is 5.82. The van der Waals surface area contributed by atoms with Crippen LogP contribution < -0.4 is 0 Å². The molecule has 1 amide bonds. The van der Waals surface area contributed by atoms with Crippen LogP contribution in [-0.4, -0.2) is 59.0 Å². The fourth-order valence-corrected chi connectivity index (χ4v) is 4.85. The van der Waals surface area contributed by atoms with Gasteiger partial charge in [-0.15, -0.1) is 0 Å². The third-order valence-corrected chi connectivity index (χ3v) is 7.28. The minimum Gasteiger partial charge on any atom is -0.341 e. The topological polar surface area (TPSA) is 57.7 Å². The molecular formula is C26H38N2O3. The summed E-state index contributed by atoms with van der Waals surface area (Å²) >= 11 is 0. The molecule has 5 nitrogen and oxygen atoms in total. The summed E-state index contributed by atoms with van der Waals surface area (Å²) < 4.78 is 0. The Morgan fingerprint density at radius 1 is 1.06 bits per heavy atom. The zero-order valence-electron chi connectivity index (χ0n) is 19.4. The van der Waals surface area contributed by atoms with E-state index >= 15 is 0 Å². The van der Waals surface area contributed by atoms with Gasteiger partial charge in [0.05, 0.1) is 12.6 Å². The number of amides is 1. The molecule has 0 N–H and O–H groups in total. The van der Waals surface area contributed by atoms with Gasteiger partial charge in [0.25, 0.3) is 0 Å². The number of ketones is 2. The van der Waals surface area contributed by atoms with Crippen LogP contribution in [0.5, 0.6) is 0 Å². The Labute approximate surface area is 187 Å². The summed E-state index contributed by atoms with van der Waals surface area (Å²) in [6.45, 7) is 7.22. The number of piperidine rings is 1. The number of unbranched alkanes of at least 4 members (excludes halogenated alkanes) is 1. The molecule has 2 aliphatic heterocycles. The molecule has 2 saturated heterocycles. The van der Waals surface area contributed by atoms with E-state index in [-0.39, 0.29) is 36.1 Å². The second kappa shape index (κ2) is 10.5. The summed E-state index contributed by atoms with van der Waals surface area (Å²) in [4.78, 5) is 42.8. The highest BCUT2D eigenvalue weighted by Crippen LogP contribution is 2.30. The summed E-state index contributed by atoms with van der Waals surface area (Å²) in [6.07, 6.45) is 7.41. The number of benzene rings is 1. The monoisotopic (exact) mass is 426 g/mol. The lowest BCUT2D eigenvalue weighted by Gasteiger charge is -2.39. The van der Waals surface area contributed by atoms with E-state index in [1.165, 1.54) is 5.56 Å². The van der Waals surface area contributed by atoms with Crippen LogP contribution in [0.1, 0.15) is 71.3 Å². The van der Waals surface area contributed by atoms with Crippen molar-refractivity contribution in [3.05, 3.63) is 35.9 Å². The number of hydrogen-bond donors (Lipinski definition) is 0. The van der Waals surface area contributed by atoms with Crippen molar-refractivity contribution in [1.29, 1.82) is 0 Å². The highest BCUT2D eigenvalue weighted by atomic mass is 16.2. The molecule has 2 bridgehead atoms. The zero-order chi connectivity index (χ0) is 22.4. The first-order valence-electron chi connectivity index (χ1n) is 12.0. The van der Waals surface area contributed by atoms with Crippen LogP contribution in [0.4, 0.5) is 0 Å². The summed E-state index contributed by atoms with van der Waals surface area (Å²) in [6, 6.07) is 10.4. The van der Waals surface area contributed by atoms with E-state index in [1.807, 2.05) is 31.7 Å². The second-order valence-electron chi connectivity index (χ2n) is 9.82. The number of rotatable bonds is 10. The van der Waals surface area contributed by atoms with Gasteiger partial charge in [-0.3, -0.25) is 19.3 Å². The van der Waals surface area contributed by atoms with Gasteiger partial charge in [0.2, 0.25) is 17.5 Å². The summed E-state index contributed by atoms with van der Waals surface area (Å²) in [5.41, 5.74) is 0.706. The van der Waals surface area contributed by atoms with Gasteiger partial charge in [0.1, 0.15) is 0 Å². The molecule has 3 rings (SSSR count). The SMILES string of the molecule is CCC(C)(C)C(=O)C(=O)CN1C2CCCC1C(=O)N(CCCCc1ccccc1)CC2. The van der Waals surface area contributed by atoms with Crippen LogP contribution in [0, 0.1) is 5.41 Å². The van der Waals surface area contributed by atoms with Gasteiger partial charge in [-0.25, -0.2) is 0 Å². The molecular weight excluding hydrogens is 388 g/mol. The van der Waals surface area contributed by atoms with Gasteiger partial charge in [-0.1, -0.05) is 51.1 Å². The van der Waals surface area contributed by atoms with Crippen LogP contribution in [0.2, 0.25) is 0 Å². The summed E-state index contributed by atoms with van der Waals surface area (Å²) in [7, 11) is 0. The van der Waals surface area contributed by atoms with Gasteiger partial charge in [-0.05, 0) is 56.9 Å². The molecule has 2 fully saturated rings. The van der Waals surface area contributed by atoms with Gasteiger partial charge in [0, 0.05) is 24.5 Å². The number of nitrogens with zero attached hydrogens (tertiary/aromatic N) is 2. The Kier molecular flexibility index (Phi) is 8.04. The number of hydrogen-bond acceptors (Lipinski definition) is 4. The maximum absolute atomic E-state index is 13.3. The van der Waals surface area contributed by atoms with Crippen LogP contribution in [0.15, 0.2) is 30.3 Å². The fourth-order valence-electron chi connectivity index (χ4n) is 4.85. The minimum absolute atomic E-state index is 0.0885. The highest BCUT2D eigenvalue weighted by Gasteiger charge is 2.42. The van der Waals surface area contributed by atoms with Crippen LogP contribution in [-0.2, 0) is 20.8 Å². The minimum atomic E-state index is -0.632. The first-order valence-corrected chi connectivity index (χ1v) is 12.0. The normalized spacial score (nSPS) is 22.3. The van der Waals surface area contributed by atoms with Gasteiger partial charge >= 0.3 is 0 Å². The second-order valence-corrected chi connectivity index (χ2v) is 9.82. The van der Waals surface area contributed by atoms with Crippen molar-refractivity contribution < 1.29 is 14.4 Å². The van der Waals surface area contributed by atoms with Crippen molar-refractivity contribution in [3.8, 4) is 0 Å². The van der Waals surface area contributed by atoms with Crippen molar-refractivity contribution in [1.82, 2.24) is 9.80 Å². The Morgan fingerprint density at radius 3 is 2.52 bits per heavy atom. The van der Waals surface area contributed by atoms with Crippen LogP contribution in [0.3, 0.4) is 0 Å². The average Bonchev–Trinajstić information content (AvgIpc) is 2.84. The maximum atomic E-state index is 13.3. The molecule has 0 radical (unpaired) electrons. The van der Waals surface area contributed by atoms with Gasteiger partial charge in [-0.2, -0.15) is 0 Å². The summed E-state index contributed by atoms with van der Waals surface area (Å²) in [5, 5.41) is 0. The van der Waals surface area contributed by atoms with E-state index in [2.05, 4.69) is 29.2 Å². The van der Waals surface area contributed by atoms with E-state index in [1.54, 1.807) is 0 Å². The van der Waals surface area contributed by atoms with E-state index in [0.717, 1.165) is 58.0 Å². The molecule has 0 spiro atoms. The van der Waals surface area contributed by atoms with Gasteiger partial charge < -0.3 is 4.90 Å². The first kappa shape index (κ1) is 23.6. The fraction of sp³-hybridized carbons (Fsp3) is 0.654. The van der Waals surface area contributed by atoms with Crippen molar-refractivity contribution in [2.45, 2.75) is 84.2 Å². The predicted octanol–water partition coefficient (Wildman–Crippen LogP) is 4.04.